The highest BCUT2D eigenvalue weighted by Gasteiger charge is 2.27. The Hall–Kier alpha value is -4.27. The molecule has 0 saturated carbocycles. The molecule has 0 saturated heterocycles. The Labute approximate surface area is 194 Å². The molecule has 3 aromatic heterocycles. The molecule has 2 aromatic carbocycles. The van der Waals surface area contributed by atoms with Crippen molar-refractivity contribution in [1.29, 1.82) is 0 Å². The van der Waals surface area contributed by atoms with Gasteiger partial charge >= 0.3 is 5.69 Å². The van der Waals surface area contributed by atoms with E-state index in [1.807, 2.05) is 67.6 Å². The smallest absolute Gasteiger partial charge is 0.332 e. The molecule has 9 nitrogen and oxygen atoms in total. The molecule has 1 atom stereocenters. The van der Waals surface area contributed by atoms with Crippen LogP contribution in [-0.4, -0.2) is 29.2 Å². The summed E-state index contributed by atoms with van der Waals surface area (Å²) in [6.07, 6.45) is 2.56. The van der Waals surface area contributed by atoms with Gasteiger partial charge in [0.2, 0.25) is 6.39 Å². The molecule has 172 valence electrons. The van der Waals surface area contributed by atoms with Crippen LogP contribution in [0.25, 0.3) is 11.2 Å². The van der Waals surface area contributed by atoms with Gasteiger partial charge in [0, 0.05) is 13.1 Å². The van der Waals surface area contributed by atoms with Gasteiger partial charge < -0.3 is 9.51 Å². The maximum absolute atomic E-state index is 13.3. The molecule has 0 aliphatic rings. The number of aromatic amines is 1. The van der Waals surface area contributed by atoms with E-state index in [-0.39, 0.29) is 11.2 Å². The Kier molecular flexibility index (Phi) is 5.90. The lowest BCUT2D eigenvalue weighted by molar-refractivity contribution is 0.408. The van der Waals surface area contributed by atoms with Crippen molar-refractivity contribution < 1.29 is 4.52 Å². The van der Waals surface area contributed by atoms with Crippen LogP contribution in [0.15, 0.2) is 81.2 Å². The number of fused-ring (bicyclic) bond motifs is 1. The fraction of sp³-hybridized carbons (Fsp3) is 0.240. The van der Waals surface area contributed by atoms with Crippen LogP contribution in [0.2, 0.25) is 0 Å². The van der Waals surface area contributed by atoms with Gasteiger partial charge in [-0.3, -0.25) is 13.9 Å². The molecular formula is C25H24N6O3. The average Bonchev–Trinajstić information content (AvgIpc) is 3.55. The monoisotopic (exact) mass is 456 g/mol. The number of aromatic nitrogens is 6. The van der Waals surface area contributed by atoms with Crippen LogP contribution in [0.5, 0.6) is 0 Å². The zero-order valence-corrected chi connectivity index (χ0v) is 18.7. The SMILES string of the molecule is CCCn1c(=O)c2[nH]c(C(c3ccccc3)c3ncon3)nc2n(CCc2ccccc2)c1=O. The first kappa shape index (κ1) is 21.6. The molecule has 0 fully saturated rings. The van der Waals surface area contributed by atoms with Gasteiger partial charge in [-0.2, -0.15) is 4.98 Å². The van der Waals surface area contributed by atoms with Crippen LogP contribution in [0.1, 0.15) is 42.0 Å². The number of H-pyrrole nitrogens is 1. The van der Waals surface area contributed by atoms with E-state index in [9.17, 15) is 9.59 Å². The maximum atomic E-state index is 13.3. The molecule has 5 aromatic rings. The lowest BCUT2D eigenvalue weighted by Crippen LogP contribution is -2.40. The first-order valence-electron chi connectivity index (χ1n) is 11.3. The number of aryl methyl sites for hydroxylation is 2. The minimum Gasteiger partial charge on any atom is -0.343 e. The van der Waals surface area contributed by atoms with Crippen molar-refractivity contribution in [3.63, 3.8) is 0 Å². The van der Waals surface area contributed by atoms with Crippen LogP contribution < -0.4 is 11.2 Å². The van der Waals surface area contributed by atoms with E-state index in [0.717, 1.165) is 11.1 Å². The van der Waals surface area contributed by atoms with Gasteiger partial charge in [-0.15, -0.1) is 0 Å². The summed E-state index contributed by atoms with van der Waals surface area (Å²) in [5, 5.41) is 4.03. The van der Waals surface area contributed by atoms with Crippen molar-refractivity contribution in [2.75, 3.05) is 0 Å². The van der Waals surface area contributed by atoms with Gasteiger partial charge in [-0.25, -0.2) is 9.78 Å². The Balaban J connectivity index is 1.68. The summed E-state index contributed by atoms with van der Waals surface area (Å²) in [6.45, 7) is 2.66. The summed E-state index contributed by atoms with van der Waals surface area (Å²) in [7, 11) is 0. The Morgan fingerprint density at radius 1 is 0.971 bits per heavy atom. The minimum absolute atomic E-state index is 0.292. The molecule has 0 aliphatic carbocycles. The summed E-state index contributed by atoms with van der Waals surface area (Å²) in [6, 6.07) is 19.5. The van der Waals surface area contributed by atoms with Crippen molar-refractivity contribution >= 4 is 11.2 Å². The molecule has 5 rings (SSSR count). The number of nitrogens with one attached hydrogen (secondary N) is 1. The normalized spacial score (nSPS) is 12.3. The highest BCUT2D eigenvalue weighted by Crippen LogP contribution is 2.28. The Morgan fingerprint density at radius 2 is 1.71 bits per heavy atom. The molecule has 9 heteroatoms. The van der Waals surface area contributed by atoms with Crippen molar-refractivity contribution in [3.8, 4) is 0 Å². The first-order chi connectivity index (χ1) is 16.7. The van der Waals surface area contributed by atoms with Gasteiger partial charge in [0.1, 0.15) is 17.3 Å². The topological polar surface area (TPSA) is 112 Å². The predicted octanol–water partition coefficient (Wildman–Crippen LogP) is 3.10. The maximum Gasteiger partial charge on any atom is 0.332 e. The second kappa shape index (κ2) is 9.30. The molecule has 34 heavy (non-hydrogen) atoms. The van der Waals surface area contributed by atoms with Crippen LogP contribution in [-0.2, 0) is 19.5 Å². The highest BCUT2D eigenvalue weighted by atomic mass is 16.5. The third-order valence-corrected chi connectivity index (χ3v) is 5.84. The molecule has 0 aliphatic heterocycles. The summed E-state index contributed by atoms with van der Waals surface area (Å²) in [5.41, 5.74) is 1.87. The molecule has 0 spiro atoms. The standard InChI is InChI=1S/C25H24N6O3/c1-2-14-31-24(32)20-23(30(25(31)33)15-13-17-9-5-3-6-10-17)28-22(27-20)19(21-26-16-34-29-21)18-11-7-4-8-12-18/h3-12,16,19H,2,13-15H2,1H3,(H,27,28). The molecule has 3 heterocycles. The summed E-state index contributed by atoms with van der Waals surface area (Å²) in [4.78, 5) is 38.8. The van der Waals surface area contributed by atoms with Crippen LogP contribution in [0, 0.1) is 0 Å². The van der Waals surface area contributed by atoms with Gasteiger partial charge in [-0.05, 0) is 24.0 Å². The van der Waals surface area contributed by atoms with E-state index in [0.29, 0.717) is 48.7 Å². The minimum atomic E-state index is -0.482. The van der Waals surface area contributed by atoms with Crippen LogP contribution in [0.3, 0.4) is 0 Å². The number of nitrogens with zero attached hydrogens (tertiary/aromatic N) is 5. The predicted molar refractivity (Wildman–Crippen MR) is 127 cm³/mol. The van der Waals surface area contributed by atoms with Gasteiger partial charge in [-0.1, -0.05) is 72.7 Å². The molecule has 1 N–H and O–H groups in total. The number of imidazole rings is 1. The van der Waals surface area contributed by atoms with E-state index < -0.39 is 5.92 Å². The third kappa shape index (κ3) is 3.96. The number of benzene rings is 2. The van der Waals surface area contributed by atoms with Crippen molar-refractivity contribution in [1.82, 2.24) is 29.2 Å². The van der Waals surface area contributed by atoms with E-state index in [1.54, 1.807) is 4.57 Å². The van der Waals surface area contributed by atoms with Crippen molar-refractivity contribution in [2.45, 2.75) is 38.8 Å². The van der Waals surface area contributed by atoms with Crippen LogP contribution >= 0.6 is 0 Å². The number of hydrogen-bond acceptors (Lipinski definition) is 6. The lowest BCUT2D eigenvalue weighted by Gasteiger charge is -2.11. The van der Waals surface area contributed by atoms with E-state index in [4.69, 9.17) is 9.51 Å². The lowest BCUT2D eigenvalue weighted by atomic mass is 9.98. The molecule has 1 unspecified atom stereocenters. The number of hydrogen-bond donors (Lipinski definition) is 1. The van der Waals surface area contributed by atoms with E-state index in [2.05, 4.69) is 15.1 Å². The average molecular weight is 457 g/mol. The second-order valence-electron chi connectivity index (χ2n) is 8.08. The highest BCUT2D eigenvalue weighted by molar-refractivity contribution is 5.70. The summed E-state index contributed by atoms with van der Waals surface area (Å²) in [5.74, 6) is 0.406. The summed E-state index contributed by atoms with van der Waals surface area (Å²) >= 11 is 0. The fourth-order valence-electron chi connectivity index (χ4n) is 4.21. The number of rotatable bonds is 8. The van der Waals surface area contributed by atoms with Crippen LogP contribution in [0.4, 0.5) is 0 Å². The zero-order valence-electron chi connectivity index (χ0n) is 18.7. The Morgan fingerprint density at radius 3 is 2.38 bits per heavy atom. The van der Waals surface area contributed by atoms with E-state index >= 15 is 0 Å². The third-order valence-electron chi connectivity index (χ3n) is 5.84. The van der Waals surface area contributed by atoms with Gasteiger partial charge in [0.25, 0.3) is 5.56 Å². The molecule has 0 amide bonds. The molecule has 0 bridgehead atoms. The van der Waals surface area contributed by atoms with E-state index in [1.165, 1.54) is 11.0 Å². The second-order valence-corrected chi connectivity index (χ2v) is 8.08. The van der Waals surface area contributed by atoms with Gasteiger partial charge in [0.05, 0.1) is 0 Å². The fourth-order valence-corrected chi connectivity index (χ4v) is 4.21. The molecular weight excluding hydrogens is 432 g/mol. The Bertz CT molecular complexity index is 1500. The summed E-state index contributed by atoms with van der Waals surface area (Å²) < 4.78 is 7.85. The zero-order chi connectivity index (χ0) is 23.5. The molecule has 0 radical (unpaired) electrons. The quantitative estimate of drug-likeness (QED) is 0.384. The van der Waals surface area contributed by atoms with Crippen molar-refractivity contribution in [2.24, 2.45) is 0 Å². The first-order valence-corrected chi connectivity index (χ1v) is 11.3. The largest absolute Gasteiger partial charge is 0.343 e. The van der Waals surface area contributed by atoms with Gasteiger partial charge in [0.15, 0.2) is 11.5 Å². The van der Waals surface area contributed by atoms with Crippen molar-refractivity contribution in [3.05, 3.63) is 111 Å².